The van der Waals surface area contributed by atoms with Crippen LogP contribution in [0.4, 0.5) is 0 Å². The van der Waals surface area contributed by atoms with E-state index in [0.717, 1.165) is 17.7 Å². The van der Waals surface area contributed by atoms with Gasteiger partial charge < -0.3 is 40.1 Å². The second kappa shape index (κ2) is 12.8. The third-order valence-electron chi connectivity index (χ3n) is 5.08. The van der Waals surface area contributed by atoms with Crippen LogP contribution in [0.3, 0.4) is 0 Å². The number of Topliss-reactive ketones (excluding diaryl/α,β-unsaturated/α-hetero) is 1. The molecule has 3 atom stereocenters. The van der Waals surface area contributed by atoms with Crippen LogP contribution >= 0.6 is 0 Å². The number of rotatable bonds is 7. The molecule has 2 aromatic carbocycles. The Hall–Kier alpha value is -3.34. The summed E-state index contributed by atoms with van der Waals surface area (Å²) in [7, 11) is 0. The summed E-state index contributed by atoms with van der Waals surface area (Å²) in [6.07, 6.45) is -0.796. The Balaban J connectivity index is 0.000000257. The highest BCUT2D eigenvalue weighted by Crippen LogP contribution is 2.33. The van der Waals surface area contributed by atoms with Gasteiger partial charge in [0.25, 0.3) is 0 Å². The molecule has 1 fully saturated rings. The summed E-state index contributed by atoms with van der Waals surface area (Å²) in [6, 6.07) is 8.45. The first kappa shape index (κ1) is 26.9. The molecule has 1 aliphatic rings. The summed E-state index contributed by atoms with van der Waals surface area (Å²) < 4.78 is 9.95. The number of aromatic hydroxyl groups is 4. The number of aryl methyl sites for hydroxylation is 1. The van der Waals surface area contributed by atoms with Gasteiger partial charge in [-0.05, 0) is 24.1 Å². The maximum Gasteiger partial charge on any atom is 0.305 e. The van der Waals surface area contributed by atoms with Crippen LogP contribution in [0.2, 0.25) is 0 Å². The van der Waals surface area contributed by atoms with E-state index < -0.39 is 35.6 Å². The lowest BCUT2D eigenvalue weighted by molar-refractivity contribution is -0.163. The van der Waals surface area contributed by atoms with Crippen LogP contribution in [0.5, 0.6) is 23.0 Å². The van der Waals surface area contributed by atoms with Gasteiger partial charge in [0, 0.05) is 31.4 Å². The number of phenols is 4. The van der Waals surface area contributed by atoms with Gasteiger partial charge in [0.15, 0.2) is 5.78 Å². The number of ether oxygens (including phenoxy) is 2. The van der Waals surface area contributed by atoms with Crippen molar-refractivity contribution >= 4 is 11.8 Å². The van der Waals surface area contributed by atoms with Crippen molar-refractivity contribution in [1.82, 2.24) is 0 Å². The zero-order chi connectivity index (χ0) is 25.3. The number of aliphatic hydroxyl groups is 2. The second-order valence-electron chi connectivity index (χ2n) is 7.81. The summed E-state index contributed by atoms with van der Waals surface area (Å²) in [5.74, 6) is -1.79. The lowest BCUT2D eigenvalue weighted by Crippen LogP contribution is -2.43. The van der Waals surface area contributed by atoms with Crippen molar-refractivity contribution < 1.29 is 49.7 Å². The van der Waals surface area contributed by atoms with E-state index in [1.807, 2.05) is 0 Å². The Morgan fingerprint density at radius 2 is 1.62 bits per heavy atom. The Kier molecular flexibility index (Phi) is 10.1. The third-order valence-corrected chi connectivity index (χ3v) is 5.08. The van der Waals surface area contributed by atoms with Crippen LogP contribution in [0, 0.1) is 0 Å². The molecule has 0 radical (unpaired) electrons. The Morgan fingerprint density at radius 3 is 2.18 bits per heavy atom. The molecule has 0 aromatic heterocycles. The first-order chi connectivity index (χ1) is 16.1. The number of carbonyl (C=O) groups excluding carboxylic acids is 2. The van der Waals surface area contributed by atoms with E-state index in [-0.39, 0.29) is 49.1 Å². The van der Waals surface area contributed by atoms with Crippen molar-refractivity contribution in [2.75, 3.05) is 13.2 Å². The highest BCUT2D eigenvalue weighted by atomic mass is 16.6. The van der Waals surface area contributed by atoms with Gasteiger partial charge >= 0.3 is 5.97 Å². The van der Waals surface area contributed by atoms with Crippen molar-refractivity contribution in [2.24, 2.45) is 0 Å². The zero-order valence-electron chi connectivity index (χ0n) is 18.8. The van der Waals surface area contributed by atoms with Gasteiger partial charge in [-0.25, -0.2) is 0 Å². The quantitative estimate of drug-likeness (QED) is 0.254. The molecule has 10 nitrogen and oxygen atoms in total. The molecule has 0 aliphatic carbocycles. The average molecular weight is 478 g/mol. The number of ketones is 1. The summed E-state index contributed by atoms with van der Waals surface area (Å²) in [5, 5.41) is 56.1. The van der Waals surface area contributed by atoms with Crippen LogP contribution in [-0.4, -0.2) is 73.9 Å². The molecule has 1 heterocycles. The molecule has 0 amide bonds. The molecule has 1 aliphatic heterocycles. The lowest BCUT2D eigenvalue weighted by Gasteiger charge is -2.30. The summed E-state index contributed by atoms with van der Waals surface area (Å²) in [6.45, 7) is 1.94. The Morgan fingerprint density at radius 1 is 1.00 bits per heavy atom. The summed E-state index contributed by atoms with van der Waals surface area (Å²) >= 11 is 0. The number of hydrogen-bond acceptors (Lipinski definition) is 10. The number of benzene rings is 2. The maximum atomic E-state index is 12.0. The van der Waals surface area contributed by atoms with E-state index in [0.29, 0.717) is 12.8 Å². The van der Waals surface area contributed by atoms with Crippen LogP contribution in [0.1, 0.15) is 42.1 Å². The van der Waals surface area contributed by atoms with Crippen LogP contribution in [0.15, 0.2) is 36.4 Å². The molecule has 6 N–H and O–H groups in total. The first-order valence-corrected chi connectivity index (χ1v) is 10.8. The fourth-order valence-corrected chi connectivity index (χ4v) is 3.21. The zero-order valence-corrected chi connectivity index (χ0v) is 18.8. The largest absolute Gasteiger partial charge is 0.508 e. The number of aliphatic hydroxyl groups excluding tert-OH is 2. The van der Waals surface area contributed by atoms with Crippen molar-refractivity contribution in [1.29, 1.82) is 0 Å². The normalized spacial score (nSPS) is 19.6. The fraction of sp³-hybridized carbons (Fsp3) is 0.417. The minimum atomic E-state index is -0.761. The average Bonchev–Trinajstić information content (AvgIpc) is 2.77. The van der Waals surface area contributed by atoms with E-state index in [1.165, 1.54) is 12.1 Å². The fourth-order valence-electron chi connectivity index (χ4n) is 3.21. The lowest BCUT2D eigenvalue weighted by atomic mass is 10.0. The van der Waals surface area contributed by atoms with Gasteiger partial charge in [0.2, 0.25) is 0 Å². The molecule has 0 bridgehead atoms. The number of hydrogen-bond donors (Lipinski definition) is 6. The monoisotopic (exact) mass is 478 g/mol. The van der Waals surface area contributed by atoms with Gasteiger partial charge in [0.1, 0.15) is 41.3 Å². The highest BCUT2D eigenvalue weighted by Gasteiger charge is 2.29. The number of phenolic OH excluding ortho intramolecular Hbond substituents is 4. The summed E-state index contributed by atoms with van der Waals surface area (Å²) in [4.78, 5) is 22.8. The van der Waals surface area contributed by atoms with Gasteiger partial charge in [0.05, 0.1) is 18.8 Å². The number of esters is 1. The van der Waals surface area contributed by atoms with Gasteiger partial charge in [-0.15, -0.1) is 0 Å². The smallest absolute Gasteiger partial charge is 0.305 e. The predicted octanol–water partition coefficient (Wildman–Crippen LogP) is 1.77. The highest BCUT2D eigenvalue weighted by molar-refractivity contribution is 6.01. The molecule has 0 spiro atoms. The molecule has 10 heteroatoms. The Bertz CT molecular complexity index is 934. The van der Waals surface area contributed by atoms with Gasteiger partial charge in [-0.2, -0.15) is 0 Å². The van der Waals surface area contributed by atoms with Gasteiger partial charge in [-0.3, -0.25) is 9.59 Å². The molecule has 34 heavy (non-hydrogen) atoms. The number of carbonyl (C=O) groups is 2. The molecule has 3 rings (SSSR count). The summed E-state index contributed by atoms with van der Waals surface area (Å²) in [5.41, 5.74) is 0.662. The topological polar surface area (TPSA) is 174 Å². The van der Waals surface area contributed by atoms with Crippen LogP contribution in [0.25, 0.3) is 0 Å². The van der Waals surface area contributed by atoms with Gasteiger partial charge in [-0.1, -0.05) is 19.1 Å². The SMILES string of the molecule is CCC(=O)OC[C@H]1OC[C@H](O)CC1O.O=C(CCc1ccc(O)cc1)c1c(O)cc(O)cc1O. The van der Waals surface area contributed by atoms with Crippen molar-refractivity contribution in [3.63, 3.8) is 0 Å². The molecule has 186 valence electrons. The van der Waals surface area contributed by atoms with E-state index in [1.54, 1.807) is 19.1 Å². The minimum absolute atomic E-state index is 0.0561. The molecular weight excluding hydrogens is 448 g/mol. The molecular formula is C24H30O10. The van der Waals surface area contributed by atoms with Crippen LogP contribution < -0.4 is 0 Å². The van der Waals surface area contributed by atoms with Crippen molar-refractivity contribution in [3.05, 3.63) is 47.5 Å². The van der Waals surface area contributed by atoms with E-state index in [9.17, 15) is 30.0 Å². The molecule has 1 unspecified atom stereocenters. The van der Waals surface area contributed by atoms with E-state index in [4.69, 9.17) is 19.7 Å². The predicted molar refractivity (Wildman–Crippen MR) is 120 cm³/mol. The third kappa shape index (κ3) is 8.22. The molecule has 2 aromatic rings. The van der Waals surface area contributed by atoms with Crippen LogP contribution in [-0.2, 0) is 20.7 Å². The Labute approximate surface area is 196 Å². The maximum absolute atomic E-state index is 12.0. The van der Waals surface area contributed by atoms with E-state index in [2.05, 4.69) is 0 Å². The molecule has 0 saturated carbocycles. The first-order valence-electron chi connectivity index (χ1n) is 10.8. The standard InChI is InChI=1S/C15H14O5.C9H16O5/c16-10-4-1-9(2-5-10)3-6-12(18)15-13(19)7-11(17)8-14(15)20;1-2-9(12)14-5-8-7(11)3-6(10)4-13-8/h1-2,4-5,7-8,16-17,19-20H,3,6H2;6-8,10-11H,2-5H2,1H3/t;6-,7?,8-/m.1/s1. The van der Waals surface area contributed by atoms with Crippen molar-refractivity contribution in [2.45, 2.75) is 50.9 Å². The second-order valence-corrected chi connectivity index (χ2v) is 7.81. The molecule has 1 saturated heterocycles. The minimum Gasteiger partial charge on any atom is -0.508 e. The van der Waals surface area contributed by atoms with E-state index >= 15 is 0 Å². The van der Waals surface area contributed by atoms with Crippen molar-refractivity contribution in [3.8, 4) is 23.0 Å².